The van der Waals surface area contributed by atoms with E-state index < -0.39 is 11.6 Å². The Balaban J connectivity index is 1.88. The van der Waals surface area contributed by atoms with E-state index in [0.717, 1.165) is 16.2 Å². The lowest BCUT2D eigenvalue weighted by Gasteiger charge is -2.11. The summed E-state index contributed by atoms with van der Waals surface area (Å²) in [4.78, 5) is 12.2. The van der Waals surface area contributed by atoms with Gasteiger partial charge in [-0.3, -0.25) is 4.79 Å². The second-order valence-electron chi connectivity index (χ2n) is 5.02. The van der Waals surface area contributed by atoms with Gasteiger partial charge in [-0.15, -0.1) is 0 Å². The van der Waals surface area contributed by atoms with Crippen molar-refractivity contribution in [2.45, 2.75) is 6.61 Å². The van der Waals surface area contributed by atoms with Crippen LogP contribution in [0.1, 0.15) is 11.1 Å². The molecule has 0 bridgehead atoms. The zero-order valence-electron chi connectivity index (χ0n) is 12.5. The smallest absolute Gasteiger partial charge is 0.263 e. The first-order chi connectivity index (χ1) is 11.9. The van der Waals surface area contributed by atoms with Gasteiger partial charge in [-0.1, -0.05) is 46.0 Å². The molecule has 1 fully saturated rings. The Labute approximate surface area is 160 Å². The number of rotatable bonds is 4. The third kappa shape index (κ3) is 4.26. The van der Waals surface area contributed by atoms with Crippen LogP contribution < -0.4 is 10.1 Å². The van der Waals surface area contributed by atoms with Gasteiger partial charge < -0.3 is 10.1 Å². The summed E-state index contributed by atoms with van der Waals surface area (Å²) in [6, 6.07) is 8.78. The highest BCUT2D eigenvalue weighted by atomic mass is 79.9. The first kappa shape index (κ1) is 18.0. The first-order valence-corrected chi connectivity index (χ1v) is 9.06. The fourth-order valence-corrected chi connectivity index (χ4v) is 3.56. The fraction of sp³-hybridized carbons (Fsp3) is 0.0588. The zero-order valence-corrected chi connectivity index (χ0v) is 15.7. The maximum absolute atomic E-state index is 13.7. The second-order valence-corrected chi connectivity index (χ2v) is 7.66. The van der Waals surface area contributed by atoms with Crippen LogP contribution in [-0.4, -0.2) is 10.2 Å². The minimum Gasteiger partial charge on any atom is -0.488 e. The van der Waals surface area contributed by atoms with Crippen LogP contribution in [0.5, 0.6) is 5.75 Å². The summed E-state index contributed by atoms with van der Waals surface area (Å²) in [5.41, 5.74) is 0.437. The minimum absolute atomic E-state index is 0.154. The number of thioether (sulfide) groups is 1. The van der Waals surface area contributed by atoms with Gasteiger partial charge in [0.1, 0.15) is 28.3 Å². The average molecular weight is 442 g/mol. The number of halogens is 3. The lowest BCUT2D eigenvalue weighted by Crippen LogP contribution is -2.17. The van der Waals surface area contributed by atoms with Gasteiger partial charge in [0, 0.05) is 10.0 Å². The van der Waals surface area contributed by atoms with Gasteiger partial charge in [-0.25, -0.2) is 8.78 Å². The van der Waals surface area contributed by atoms with E-state index in [4.69, 9.17) is 17.0 Å². The highest BCUT2D eigenvalue weighted by Crippen LogP contribution is 2.31. The van der Waals surface area contributed by atoms with Crippen LogP contribution in [0.15, 0.2) is 45.8 Å². The number of carbonyl (C=O) groups is 1. The van der Waals surface area contributed by atoms with Crippen LogP contribution in [0.4, 0.5) is 8.78 Å². The molecule has 2 aromatic carbocycles. The topological polar surface area (TPSA) is 38.3 Å². The van der Waals surface area contributed by atoms with Gasteiger partial charge in [0.2, 0.25) is 0 Å². The molecule has 0 atom stereocenters. The second kappa shape index (κ2) is 7.63. The molecular formula is C17H10BrF2NO2S2. The van der Waals surface area contributed by atoms with Crippen LogP contribution in [0, 0.1) is 11.6 Å². The largest absolute Gasteiger partial charge is 0.488 e. The number of carbonyl (C=O) groups excluding carboxylic acids is 1. The number of benzene rings is 2. The Hall–Kier alpha value is -1.77. The van der Waals surface area contributed by atoms with Crippen molar-refractivity contribution in [2.24, 2.45) is 0 Å². The molecule has 8 heteroatoms. The van der Waals surface area contributed by atoms with Crippen molar-refractivity contribution in [3.8, 4) is 5.75 Å². The number of amides is 1. The van der Waals surface area contributed by atoms with Gasteiger partial charge in [0.25, 0.3) is 5.91 Å². The van der Waals surface area contributed by atoms with Gasteiger partial charge in [0.05, 0.1) is 10.5 Å². The molecule has 0 spiro atoms. The number of hydrogen-bond donors (Lipinski definition) is 1. The number of nitrogens with one attached hydrogen (secondary N) is 1. The highest BCUT2D eigenvalue weighted by Gasteiger charge is 2.22. The molecular weight excluding hydrogens is 432 g/mol. The molecule has 1 saturated heterocycles. The van der Waals surface area contributed by atoms with Gasteiger partial charge in [0.15, 0.2) is 0 Å². The SMILES string of the molecule is O=C1NC(=S)SC1=Cc1cc(Br)ccc1OCc1c(F)cccc1F. The molecule has 0 aromatic heterocycles. The van der Waals surface area contributed by atoms with Crippen molar-refractivity contribution < 1.29 is 18.3 Å². The summed E-state index contributed by atoms with van der Waals surface area (Å²) in [5.74, 6) is -1.24. The molecule has 1 N–H and O–H groups in total. The quantitative estimate of drug-likeness (QED) is 0.546. The first-order valence-electron chi connectivity index (χ1n) is 7.04. The molecule has 0 unspecified atom stereocenters. The van der Waals surface area contributed by atoms with Crippen LogP contribution in [0.25, 0.3) is 6.08 Å². The molecule has 1 aliphatic heterocycles. The van der Waals surface area contributed by atoms with Gasteiger partial charge >= 0.3 is 0 Å². The van der Waals surface area contributed by atoms with Crippen molar-refractivity contribution in [1.29, 1.82) is 0 Å². The molecule has 128 valence electrons. The molecule has 0 radical (unpaired) electrons. The Morgan fingerprint density at radius 3 is 2.60 bits per heavy atom. The summed E-state index contributed by atoms with van der Waals surface area (Å²) in [6.07, 6.45) is 1.62. The molecule has 3 rings (SSSR count). The van der Waals surface area contributed by atoms with Crippen LogP contribution in [-0.2, 0) is 11.4 Å². The van der Waals surface area contributed by atoms with E-state index in [1.54, 1.807) is 24.3 Å². The monoisotopic (exact) mass is 441 g/mol. The van der Waals surface area contributed by atoms with Crippen LogP contribution >= 0.6 is 39.9 Å². The van der Waals surface area contributed by atoms with Gasteiger partial charge in [-0.2, -0.15) is 0 Å². The van der Waals surface area contributed by atoms with Crippen molar-refractivity contribution in [3.05, 3.63) is 68.5 Å². The minimum atomic E-state index is -0.673. The lowest BCUT2D eigenvalue weighted by molar-refractivity contribution is -0.115. The van der Waals surface area contributed by atoms with Crippen molar-refractivity contribution in [3.63, 3.8) is 0 Å². The van der Waals surface area contributed by atoms with E-state index in [0.29, 0.717) is 20.5 Å². The van der Waals surface area contributed by atoms with Crippen LogP contribution in [0.2, 0.25) is 0 Å². The maximum Gasteiger partial charge on any atom is 0.263 e. The highest BCUT2D eigenvalue weighted by molar-refractivity contribution is 9.10. The van der Waals surface area contributed by atoms with E-state index >= 15 is 0 Å². The fourth-order valence-electron chi connectivity index (χ4n) is 2.15. The summed E-state index contributed by atoms with van der Waals surface area (Å²) >= 11 is 9.46. The Bertz CT molecular complexity index is 882. The predicted octanol–water partition coefficient (Wildman–Crippen LogP) is 4.80. The Morgan fingerprint density at radius 2 is 1.96 bits per heavy atom. The van der Waals surface area contributed by atoms with Crippen molar-refractivity contribution in [1.82, 2.24) is 5.32 Å². The summed E-state index contributed by atoms with van der Waals surface area (Å²) < 4.78 is 34.2. The van der Waals surface area contributed by atoms with E-state index in [1.807, 2.05) is 0 Å². The molecule has 3 nitrogen and oxygen atoms in total. The normalized spacial score (nSPS) is 15.6. The summed E-state index contributed by atoms with van der Waals surface area (Å²) in [7, 11) is 0. The average Bonchev–Trinajstić information content (AvgIpc) is 2.86. The molecule has 1 amide bonds. The zero-order chi connectivity index (χ0) is 18.0. The summed E-state index contributed by atoms with van der Waals surface area (Å²) in [6.45, 7) is -0.270. The number of hydrogen-bond acceptors (Lipinski definition) is 4. The van der Waals surface area contributed by atoms with E-state index in [9.17, 15) is 13.6 Å². The lowest BCUT2D eigenvalue weighted by atomic mass is 10.1. The van der Waals surface area contributed by atoms with Crippen molar-refractivity contribution in [2.75, 3.05) is 0 Å². The van der Waals surface area contributed by atoms with Gasteiger partial charge in [-0.05, 0) is 36.4 Å². The standard InChI is InChI=1S/C17H10BrF2NO2S2/c18-10-4-5-14(23-8-11-12(19)2-1-3-13(11)20)9(6-10)7-15-16(22)21-17(24)25-15/h1-7H,8H2,(H,21,22,24). The van der Waals surface area contributed by atoms with E-state index in [2.05, 4.69) is 21.2 Å². The third-order valence-corrected chi connectivity index (χ3v) is 4.99. The Kier molecular flexibility index (Phi) is 5.51. The van der Waals surface area contributed by atoms with Crippen molar-refractivity contribution >= 4 is 56.2 Å². The third-order valence-electron chi connectivity index (χ3n) is 3.33. The maximum atomic E-state index is 13.7. The molecule has 1 aliphatic rings. The number of thiocarbonyl (C=S) groups is 1. The molecule has 25 heavy (non-hydrogen) atoms. The van der Waals surface area contributed by atoms with Crippen LogP contribution in [0.3, 0.4) is 0 Å². The predicted molar refractivity (Wildman–Crippen MR) is 101 cm³/mol. The molecule has 0 saturated carbocycles. The van der Waals surface area contributed by atoms with E-state index in [-0.39, 0.29) is 18.1 Å². The molecule has 0 aliphatic carbocycles. The molecule has 2 aromatic rings. The number of ether oxygens (including phenoxy) is 1. The summed E-state index contributed by atoms with van der Waals surface area (Å²) in [5, 5.41) is 2.53. The Morgan fingerprint density at radius 1 is 1.24 bits per heavy atom. The van der Waals surface area contributed by atoms with E-state index in [1.165, 1.54) is 18.2 Å². The molecule has 1 heterocycles.